The summed E-state index contributed by atoms with van der Waals surface area (Å²) in [6.45, 7) is 9.25. The summed E-state index contributed by atoms with van der Waals surface area (Å²) in [6.07, 6.45) is -0.769. The van der Waals surface area contributed by atoms with Crippen molar-refractivity contribution in [3.05, 3.63) is 34.3 Å². The van der Waals surface area contributed by atoms with Crippen LogP contribution in [0.3, 0.4) is 0 Å². The summed E-state index contributed by atoms with van der Waals surface area (Å²) in [4.78, 5) is 24.2. The van der Waals surface area contributed by atoms with Crippen LogP contribution in [0.15, 0.2) is 28.7 Å². The van der Waals surface area contributed by atoms with Crippen molar-refractivity contribution in [2.75, 3.05) is 0 Å². The van der Waals surface area contributed by atoms with E-state index in [2.05, 4.69) is 21.2 Å². The molecule has 0 aliphatic carbocycles. The fraction of sp³-hybridized carbons (Fsp3) is 0.600. The Labute approximate surface area is 164 Å². The number of alkyl carbamates (subject to hydrolysis) is 1. The predicted octanol–water partition coefficient (Wildman–Crippen LogP) is 4.25. The average Bonchev–Trinajstić information content (AvgIpc) is 2.43. The van der Waals surface area contributed by atoms with Crippen molar-refractivity contribution in [1.82, 2.24) is 5.32 Å². The molecular weight excluding hydrogens is 398 g/mol. The number of amides is 1. The second kappa shape index (κ2) is 10.1. The SMILES string of the molecule is CC(C)CC(=O)C[C@@H](O)[C@H](Cc1cccc(Br)c1)NC(=O)OC(C)(C)C. The molecule has 1 aromatic carbocycles. The number of carbonyl (C=O) groups is 2. The molecule has 2 N–H and O–H groups in total. The molecule has 0 saturated carbocycles. The second-order valence-corrected chi connectivity index (χ2v) is 8.91. The molecule has 26 heavy (non-hydrogen) atoms. The number of rotatable bonds is 8. The number of hydrogen-bond acceptors (Lipinski definition) is 4. The first-order valence-electron chi connectivity index (χ1n) is 8.90. The van der Waals surface area contributed by atoms with Gasteiger partial charge in [0.2, 0.25) is 0 Å². The first-order valence-corrected chi connectivity index (χ1v) is 9.69. The van der Waals surface area contributed by atoms with Gasteiger partial charge < -0.3 is 15.2 Å². The number of ether oxygens (including phenoxy) is 1. The van der Waals surface area contributed by atoms with E-state index in [4.69, 9.17) is 4.74 Å². The van der Waals surface area contributed by atoms with Crippen molar-refractivity contribution in [2.45, 2.75) is 71.6 Å². The summed E-state index contributed by atoms with van der Waals surface area (Å²) < 4.78 is 6.21. The zero-order valence-electron chi connectivity index (χ0n) is 16.2. The van der Waals surface area contributed by atoms with Gasteiger partial charge in [0.1, 0.15) is 11.4 Å². The lowest BCUT2D eigenvalue weighted by atomic mass is 9.95. The highest BCUT2D eigenvalue weighted by Crippen LogP contribution is 2.17. The molecule has 0 spiro atoms. The Balaban J connectivity index is 2.86. The van der Waals surface area contributed by atoms with Gasteiger partial charge in [-0.05, 0) is 50.8 Å². The minimum Gasteiger partial charge on any atom is -0.444 e. The minimum atomic E-state index is -0.979. The maximum Gasteiger partial charge on any atom is 0.407 e. The number of aliphatic hydroxyl groups excluding tert-OH is 1. The van der Waals surface area contributed by atoms with Crippen molar-refractivity contribution in [2.24, 2.45) is 5.92 Å². The Morgan fingerprint density at radius 1 is 1.23 bits per heavy atom. The van der Waals surface area contributed by atoms with Gasteiger partial charge in [0.15, 0.2) is 0 Å². The van der Waals surface area contributed by atoms with Crippen LogP contribution >= 0.6 is 15.9 Å². The van der Waals surface area contributed by atoms with Crippen LogP contribution in [-0.4, -0.2) is 34.7 Å². The smallest absolute Gasteiger partial charge is 0.407 e. The summed E-state index contributed by atoms with van der Waals surface area (Å²) >= 11 is 3.42. The number of ketones is 1. The molecule has 0 aliphatic rings. The topological polar surface area (TPSA) is 75.6 Å². The molecule has 0 aromatic heterocycles. The van der Waals surface area contributed by atoms with Crippen LogP contribution in [0.25, 0.3) is 0 Å². The minimum absolute atomic E-state index is 0.00659. The molecule has 0 heterocycles. The van der Waals surface area contributed by atoms with Gasteiger partial charge in [0.05, 0.1) is 12.1 Å². The van der Waals surface area contributed by atoms with Crippen LogP contribution in [0.5, 0.6) is 0 Å². The normalized spacial score (nSPS) is 14.0. The van der Waals surface area contributed by atoms with Gasteiger partial charge in [-0.2, -0.15) is 0 Å². The second-order valence-electron chi connectivity index (χ2n) is 7.99. The fourth-order valence-electron chi connectivity index (χ4n) is 2.57. The monoisotopic (exact) mass is 427 g/mol. The van der Waals surface area contributed by atoms with Gasteiger partial charge in [0.25, 0.3) is 0 Å². The Morgan fingerprint density at radius 3 is 2.42 bits per heavy atom. The number of carbonyl (C=O) groups excluding carboxylic acids is 2. The van der Waals surface area contributed by atoms with E-state index in [1.54, 1.807) is 20.8 Å². The van der Waals surface area contributed by atoms with Crippen molar-refractivity contribution < 1.29 is 19.4 Å². The maximum absolute atomic E-state index is 12.2. The van der Waals surface area contributed by atoms with E-state index < -0.39 is 23.8 Å². The van der Waals surface area contributed by atoms with Crippen molar-refractivity contribution >= 4 is 27.8 Å². The molecule has 1 amide bonds. The lowest BCUT2D eigenvalue weighted by molar-refractivity contribution is -0.122. The van der Waals surface area contributed by atoms with E-state index in [0.29, 0.717) is 12.8 Å². The molecule has 0 unspecified atom stereocenters. The Morgan fingerprint density at radius 2 is 1.88 bits per heavy atom. The van der Waals surface area contributed by atoms with Gasteiger partial charge >= 0.3 is 6.09 Å². The zero-order chi connectivity index (χ0) is 19.9. The van der Waals surface area contributed by atoms with Gasteiger partial charge in [0, 0.05) is 17.3 Å². The number of Topliss-reactive ketones (excluding diaryl/α,β-unsaturated/α-hetero) is 1. The Hall–Kier alpha value is -1.40. The Bertz CT molecular complexity index is 610. The quantitative estimate of drug-likeness (QED) is 0.649. The third-order valence-electron chi connectivity index (χ3n) is 3.58. The molecule has 0 aliphatic heterocycles. The summed E-state index contributed by atoms with van der Waals surface area (Å²) in [5.41, 5.74) is 0.304. The molecule has 6 heteroatoms. The van der Waals surface area contributed by atoms with Crippen molar-refractivity contribution in [3.8, 4) is 0 Å². The highest BCUT2D eigenvalue weighted by atomic mass is 79.9. The van der Waals surface area contributed by atoms with Crippen LogP contribution in [0, 0.1) is 5.92 Å². The molecular formula is C20H30BrNO4. The largest absolute Gasteiger partial charge is 0.444 e. The molecule has 5 nitrogen and oxygen atoms in total. The number of nitrogens with one attached hydrogen (secondary N) is 1. The molecule has 146 valence electrons. The molecule has 0 fully saturated rings. The van der Waals surface area contributed by atoms with Gasteiger partial charge in [-0.25, -0.2) is 4.79 Å². The maximum atomic E-state index is 12.2. The van der Waals surface area contributed by atoms with Crippen molar-refractivity contribution in [1.29, 1.82) is 0 Å². The van der Waals surface area contributed by atoms with Crippen LogP contribution in [0.1, 0.15) is 53.0 Å². The molecule has 0 bridgehead atoms. The summed E-state index contributed by atoms with van der Waals surface area (Å²) in [7, 11) is 0. The molecule has 0 saturated heterocycles. The summed E-state index contributed by atoms with van der Waals surface area (Å²) in [6, 6.07) is 7.02. The lowest BCUT2D eigenvalue weighted by Crippen LogP contribution is -2.47. The lowest BCUT2D eigenvalue weighted by Gasteiger charge is -2.27. The summed E-state index contributed by atoms with van der Waals surface area (Å²) in [5, 5.41) is 13.3. The first kappa shape index (κ1) is 22.6. The molecule has 0 radical (unpaired) electrons. The molecule has 1 rings (SSSR count). The number of benzene rings is 1. The van der Waals surface area contributed by atoms with E-state index in [0.717, 1.165) is 10.0 Å². The van der Waals surface area contributed by atoms with E-state index >= 15 is 0 Å². The average molecular weight is 428 g/mol. The van der Waals surface area contributed by atoms with E-state index in [1.807, 2.05) is 38.1 Å². The highest BCUT2D eigenvalue weighted by Gasteiger charge is 2.26. The van der Waals surface area contributed by atoms with Crippen LogP contribution < -0.4 is 5.32 Å². The predicted molar refractivity (Wildman–Crippen MR) is 106 cm³/mol. The van der Waals surface area contributed by atoms with Gasteiger partial charge in [-0.1, -0.05) is 41.9 Å². The summed E-state index contributed by atoms with van der Waals surface area (Å²) in [5.74, 6) is 0.217. The first-order chi connectivity index (χ1) is 12.0. The van der Waals surface area contributed by atoms with Crippen LogP contribution in [-0.2, 0) is 16.0 Å². The molecule has 1 aromatic rings. The number of halogens is 1. The van der Waals surface area contributed by atoms with Crippen molar-refractivity contribution in [3.63, 3.8) is 0 Å². The third kappa shape index (κ3) is 9.34. The standard InChI is InChI=1S/C20H30BrNO4/c1-13(2)9-16(23)12-18(24)17(22-19(25)26-20(3,4)5)11-14-7-6-8-15(21)10-14/h6-8,10,13,17-18,24H,9,11-12H2,1-5H3,(H,22,25)/t17-,18+/m0/s1. The van der Waals surface area contributed by atoms with Gasteiger partial charge in [-0.15, -0.1) is 0 Å². The van der Waals surface area contributed by atoms with E-state index in [9.17, 15) is 14.7 Å². The number of hydrogen-bond donors (Lipinski definition) is 2. The highest BCUT2D eigenvalue weighted by molar-refractivity contribution is 9.10. The number of aliphatic hydroxyl groups is 1. The van der Waals surface area contributed by atoms with E-state index in [1.165, 1.54) is 0 Å². The van der Waals surface area contributed by atoms with Gasteiger partial charge in [-0.3, -0.25) is 4.79 Å². The Kier molecular flexibility index (Phi) is 8.77. The third-order valence-corrected chi connectivity index (χ3v) is 4.08. The van der Waals surface area contributed by atoms with Crippen LogP contribution in [0.4, 0.5) is 4.79 Å². The fourth-order valence-corrected chi connectivity index (χ4v) is 3.02. The van der Waals surface area contributed by atoms with Crippen LogP contribution in [0.2, 0.25) is 0 Å². The van der Waals surface area contributed by atoms with E-state index in [-0.39, 0.29) is 18.1 Å². The zero-order valence-corrected chi connectivity index (χ0v) is 17.8. The molecule has 2 atom stereocenters.